The van der Waals surface area contributed by atoms with E-state index >= 15 is 0 Å². The molecule has 0 aliphatic carbocycles. The van der Waals surface area contributed by atoms with Crippen molar-refractivity contribution in [3.8, 4) is 0 Å². The van der Waals surface area contributed by atoms with Crippen LogP contribution in [0.25, 0.3) is 0 Å². The van der Waals surface area contributed by atoms with Gasteiger partial charge in [0.1, 0.15) is 0 Å². The predicted molar refractivity (Wildman–Crippen MR) is 53.2 cm³/mol. The van der Waals surface area contributed by atoms with E-state index in [0.717, 1.165) is 6.54 Å². The van der Waals surface area contributed by atoms with E-state index < -0.39 is 0 Å². The standard InChI is InChI=1S/C10H22N2/c1-9(11)8-12-7-5-4-6-10(12,2)3/h9H,4-8,11H2,1-3H3. The summed E-state index contributed by atoms with van der Waals surface area (Å²) in [6.07, 6.45) is 4.04. The van der Waals surface area contributed by atoms with Crippen LogP contribution in [0.15, 0.2) is 0 Å². The quantitative estimate of drug-likeness (QED) is 0.682. The smallest absolute Gasteiger partial charge is 0.0153 e. The first-order valence-corrected chi connectivity index (χ1v) is 5.03. The SMILES string of the molecule is CC(N)CN1CCCCC1(C)C. The molecule has 1 saturated heterocycles. The van der Waals surface area contributed by atoms with E-state index in [0.29, 0.717) is 11.6 Å². The molecule has 1 atom stereocenters. The summed E-state index contributed by atoms with van der Waals surface area (Å²) in [4.78, 5) is 2.53. The third-order valence-corrected chi connectivity index (χ3v) is 2.83. The normalized spacial score (nSPS) is 27.0. The van der Waals surface area contributed by atoms with Crippen LogP contribution in [0.5, 0.6) is 0 Å². The molecule has 1 heterocycles. The van der Waals surface area contributed by atoms with Crippen LogP contribution in [-0.4, -0.2) is 29.6 Å². The topological polar surface area (TPSA) is 29.3 Å². The number of nitrogens with two attached hydrogens (primary N) is 1. The number of nitrogens with zero attached hydrogens (tertiary/aromatic N) is 1. The van der Waals surface area contributed by atoms with Crippen molar-refractivity contribution < 1.29 is 0 Å². The van der Waals surface area contributed by atoms with Gasteiger partial charge in [-0.15, -0.1) is 0 Å². The lowest BCUT2D eigenvalue weighted by Crippen LogP contribution is -2.51. The highest BCUT2D eigenvalue weighted by Crippen LogP contribution is 2.26. The molecule has 0 spiro atoms. The Morgan fingerprint density at radius 3 is 2.58 bits per heavy atom. The molecule has 72 valence electrons. The molecule has 0 amide bonds. The minimum atomic E-state index is 0.308. The van der Waals surface area contributed by atoms with Crippen molar-refractivity contribution in [1.29, 1.82) is 0 Å². The highest BCUT2D eigenvalue weighted by atomic mass is 15.2. The van der Waals surface area contributed by atoms with Crippen molar-refractivity contribution in [2.24, 2.45) is 5.73 Å². The first-order chi connectivity index (χ1) is 5.52. The summed E-state index contributed by atoms with van der Waals surface area (Å²) in [7, 11) is 0. The molecule has 12 heavy (non-hydrogen) atoms. The summed E-state index contributed by atoms with van der Waals surface area (Å²) in [6.45, 7) is 9.02. The Morgan fingerprint density at radius 2 is 2.08 bits per heavy atom. The second-order valence-corrected chi connectivity index (χ2v) is 4.69. The van der Waals surface area contributed by atoms with Gasteiger partial charge < -0.3 is 5.73 Å². The Morgan fingerprint density at radius 1 is 1.42 bits per heavy atom. The van der Waals surface area contributed by atoms with Gasteiger partial charge in [0.2, 0.25) is 0 Å². The van der Waals surface area contributed by atoms with Crippen molar-refractivity contribution in [3.05, 3.63) is 0 Å². The van der Waals surface area contributed by atoms with E-state index in [1.54, 1.807) is 0 Å². The molecule has 1 fully saturated rings. The maximum Gasteiger partial charge on any atom is 0.0153 e. The molecule has 2 N–H and O–H groups in total. The van der Waals surface area contributed by atoms with Gasteiger partial charge in [-0.05, 0) is 40.2 Å². The van der Waals surface area contributed by atoms with Gasteiger partial charge in [-0.3, -0.25) is 4.90 Å². The fourth-order valence-corrected chi connectivity index (χ4v) is 2.01. The minimum Gasteiger partial charge on any atom is -0.327 e. The largest absolute Gasteiger partial charge is 0.327 e. The summed E-state index contributed by atoms with van der Waals surface area (Å²) in [5, 5.41) is 0. The van der Waals surface area contributed by atoms with E-state index in [1.165, 1.54) is 25.8 Å². The van der Waals surface area contributed by atoms with Crippen LogP contribution in [0.4, 0.5) is 0 Å². The lowest BCUT2D eigenvalue weighted by molar-refractivity contribution is 0.0725. The summed E-state index contributed by atoms with van der Waals surface area (Å²) in [5.41, 5.74) is 6.18. The van der Waals surface area contributed by atoms with Crippen LogP contribution < -0.4 is 5.73 Å². The number of hydrogen-bond acceptors (Lipinski definition) is 2. The second kappa shape index (κ2) is 3.75. The van der Waals surface area contributed by atoms with Crippen LogP contribution in [0.3, 0.4) is 0 Å². The average Bonchev–Trinajstić information content (AvgIpc) is 1.92. The highest BCUT2D eigenvalue weighted by Gasteiger charge is 2.29. The highest BCUT2D eigenvalue weighted by molar-refractivity contribution is 4.86. The maximum atomic E-state index is 5.80. The Balaban J connectivity index is 2.48. The molecule has 0 saturated carbocycles. The van der Waals surface area contributed by atoms with Crippen molar-refractivity contribution in [3.63, 3.8) is 0 Å². The van der Waals surface area contributed by atoms with E-state index in [4.69, 9.17) is 5.73 Å². The fourth-order valence-electron chi connectivity index (χ4n) is 2.01. The van der Waals surface area contributed by atoms with Gasteiger partial charge in [0.25, 0.3) is 0 Å². The molecule has 1 unspecified atom stereocenters. The van der Waals surface area contributed by atoms with Gasteiger partial charge >= 0.3 is 0 Å². The molecule has 1 aliphatic heterocycles. The van der Waals surface area contributed by atoms with Gasteiger partial charge in [-0.2, -0.15) is 0 Å². The first kappa shape index (κ1) is 10.0. The molecule has 2 nitrogen and oxygen atoms in total. The molecular weight excluding hydrogens is 148 g/mol. The van der Waals surface area contributed by atoms with Crippen LogP contribution in [0, 0.1) is 0 Å². The van der Waals surface area contributed by atoms with Crippen LogP contribution in [0.2, 0.25) is 0 Å². The van der Waals surface area contributed by atoms with Crippen LogP contribution >= 0.6 is 0 Å². The zero-order valence-electron chi connectivity index (χ0n) is 8.64. The third-order valence-electron chi connectivity index (χ3n) is 2.83. The van der Waals surface area contributed by atoms with E-state index in [-0.39, 0.29) is 0 Å². The van der Waals surface area contributed by atoms with E-state index in [9.17, 15) is 0 Å². The Bertz CT molecular complexity index is 141. The molecular formula is C10H22N2. The van der Waals surface area contributed by atoms with Gasteiger partial charge in [0.15, 0.2) is 0 Å². The third kappa shape index (κ3) is 2.46. The lowest BCUT2D eigenvalue weighted by atomic mass is 9.90. The molecule has 0 aromatic rings. The summed E-state index contributed by atoms with van der Waals surface area (Å²) in [5.74, 6) is 0. The molecule has 0 bridgehead atoms. The first-order valence-electron chi connectivity index (χ1n) is 5.03. The Hall–Kier alpha value is -0.0800. The zero-order valence-corrected chi connectivity index (χ0v) is 8.64. The zero-order chi connectivity index (χ0) is 9.19. The number of piperidine rings is 1. The second-order valence-electron chi connectivity index (χ2n) is 4.69. The molecule has 1 aliphatic rings. The van der Waals surface area contributed by atoms with Crippen molar-refractivity contribution in [2.45, 2.75) is 51.6 Å². The minimum absolute atomic E-state index is 0.308. The average molecular weight is 170 g/mol. The fraction of sp³-hybridized carbons (Fsp3) is 1.00. The molecule has 0 aromatic heterocycles. The van der Waals surface area contributed by atoms with Gasteiger partial charge in [0.05, 0.1) is 0 Å². The Kier molecular flexibility index (Phi) is 3.13. The van der Waals surface area contributed by atoms with Crippen molar-refractivity contribution >= 4 is 0 Å². The van der Waals surface area contributed by atoms with Crippen molar-refractivity contribution in [2.75, 3.05) is 13.1 Å². The van der Waals surface area contributed by atoms with Crippen LogP contribution in [-0.2, 0) is 0 Å². The van der Waals surface area contributed by atoms with Gasteiger partial charge in [0, 0.05) is 18.1 Å². The molecule has 2 heteroatoms. The van der Waals surface area contributed by atoms with Crippen molar-refractivity contribution in [1.82, 2.24) is 4.90 Å². The lowest BCUT2D eigenvalue weighted by Gasteiger charge is -2.43. The number of likely N-dealkylation sites (tertiary alicyclic amines) is 1. The Labute approximate surface area is 76.1 Å². The van der Waals surface area contributed by atoms with Gasteiger partial charge in [-0.25, -0.2) is 0 Å². The molecule has 1 rings (SSSR count). The molecule has 0 radical (unpaired) electrons. The molecule has 0 aromatic carbocycles. The number of rotatable bonds is 2. The summed E-state index contributed by atoms with van der Waals surface area (Å²) < 4.78 is 0. The summed E-state index contributed by atoms with van der Waals surface area (Å²) in [6, 6.07) is 0.308. The maximum absolute atomic E-state index is 5.80. The predicted octanol–water partition coefficient (Wildman–Crippen LogP) is 1.60. The van der Waals surface area contributed by atoms with Gasteiger partial charge in [-0.1, -0.05) is 6.42 Å². The van der Waals surface area contributed by atoms with Crippen LogP contribution in [0.1, 0.15) is 40.0 Å². The number of hydrogen-bond donors (Lipinski definition) is 1. The van der Waals surface area contributed by atoms with E-state index in [2.05, 4.69) is 25.7 Å². The summed E-state index contributed by atoms with van der Waals surface area (Å²) >= 11 is 0. The van der Waals surface area contributed by atoms with E-state index in [1.807, 2.05) is 0 Å². The monoisotopic (exact) mass is 170 g/mol.